The molecule has 3 N–H and O–H groups in total. The third kappa shape index (κ3) is 15.4. The standard InChI is InChI=1S/C26H30O8.C18H26O5.Na.H2O/c1-5-8-21-23(34-26(2,3)33-21)22(31-15-17-11-13-18(30-4)14-12-17)16-32-25(29)20-10-7-6-9-19(20)24(27)28;1-5-6-15-17(23-18(2,3)22-15)16(11-19)21-12-13-7-9-14(20-4)10-8-13;;/h5-7,9-14,21-23H,1,8,15-16H2,2-4H3,(H,27,28);5,7-10,15-17,19H,1,6,11-12H2,2-4H3;;1H2/q;;+1;/p-1/t21-,22+,23?;15-,16+,17?;;/m00../s1. The van der Waals surface area contributed by atoms with Crippen molar-refractivity contribution in [1.82, 2.24) is 0 Å². The fourth-order valence-electron chi connectivity index (χ4n) is 6.47. The second kappa shape index (κ2) is 24.6. The molecule has 2 aliphatic heterocycles. The van der Waals surface area contributed by atoms with Crippen LogP contribution in [0.3, 0.4) is 0 Å². The van der Waals surface area contributed by atoms with E-state index in [0.717, 1.165) is 22.6 Å². The van der Waals surface area contributed by atoms with Gasteiger partial charge in [-0.1, -0.05) is 48.6 Å². The first-order valence-electron chi connectivity index (χ1n) is 18.8. The Kier molecular flexibility index (Phi) is 21.5. The van der Waals surface area contributed by atoms with Gasteiger partial charge in [0.2, 0.25) is 0 Å². The molecule has 2 unspecified atom stereocenters. The minimum absolute atomic E-state index is 0. The molecule has 59 heavy (non-hydrogen) atoms. The number of aliphatic hydroxyl groups excluding tert-OH is 1. The minimum atomic E-state index is -1.21. The van der Waals surface area contributed by atoms with E-state index in [1.54, 1.807) is 52.4 Å². The van der Waals surface area contributed by atoms with Crippen LogP contribution in [-0.4, -0.2) is 103 Å². The molecule has 0 saturated carbocycles. The van der Waals surface area contributed by atoms with Crippen molar-refractivity contribution in [3.8, 4) is 11.5 Å². The van der Waals surface area contributed by atoms with Crippen LogP contribution >= 0.6 is 0 Å². The molecule has 0 aliphatic carbocycles. The van der Waals surface area contributed by atoms with Gasteiger partial charge in [-0.2, -0.15) is 0 Å². The van der Waals surface area contributed by atoms with Gasteiger partial charge in [-0.3, -0.25) is 0 Å². The second-order valence-electron chi connectivity index (χ2n) is 14.4. The monoisotopic (exact) mass is 832 g/mol. The van der Waals surface area contributed by atoms with Crippen molar-refractivity contribution in [3.63, 3.8) is 0 Å². The third-order valence-electron chi connectivity index (χ3n) is 9.16. The Balaban J connectivity index is 0.000000421. The molecule has 2 aliphatic rings. The van der Waals surface area contributed by atoms with Crippen molar-refractivity contribution in [3.05, 3.63) is 120 Å². The zero-order chi connectivity index (χ0) is 41.6. The number of hydrogen-bond donors (Lipinski definition) is 2. The average Bonchev–Trinajstić information content (AvgIpc) is 3.68. The number of rotatable bonds is 19. The summed E-state index contributed by atoms with van der Waals surface area (Å²) in [5.74, 6) is -1.97. The van der Waals surface area contributed by atoms with Crippen LogP contribution in [0.15, 0.2) is 98.1 Å². The number of methoxy groups -OCH3 is 2. The molecule has 14 nitrogen and oxygen atoms in total. The van der Waals surface area contributed by atoms with Crippen molar-refractivity contribution in [1.29, 1.82) is 0 Å². The number of aromatic carboxylic acids is 1. The number of aliphatic hydroxyl groups is 1. The fraction of sp³-hybridized carbons (Fsp3) is 0.455. The zero-order valence-electron chi connectivity index (χ0n) is 35.0. The number of carboxylic acids is 1. The van der Waals surface area contributed by atoms with Crippen molar-refractivity contribution in [2.24, 2.45) is 0 Å². The smallest absolute Gasteiger partial charge is 0.870 e. The van der Waals surface area contributed by atoms with E-state index in [4.69, 9.17) is 42.6 Å². The third-order valence-corrected chi connectivity index (χ3v) is 9.16. The van der Waals surface area contributed by atoms with Crippen LogP contribution in [0.2, 0.25) is 0 Å². The average molecular weight is 833 g/mol. The Hall–Kier alpha value is -3.64. The predicted molar refractivity (Wildman–Crippen MR) is 213 cm³/mol. The van der Waals surface area contributed by atoms with Gasteiger partial charge in [0.25, 0.3) is 0 Å². The van der Waals surface area contributed by atoms with E-state index in [2.05, 4.69) is 13.2 Å². The van der Waals surface area contributed by atoms with Crippen molar-refractivity contribution >= 4 is 11.9 Å². The number of carboxylic acid groups (broad SMARTS) is 1. The molecular weight excluding hydrogens is 775 g/mol. The number of carbonyl (C=O) groups is 2. The van der Waals surface area contributed by atoms with Gasteiger partial charge >= 0.3 is 41.5 Å². The van der Waals surface area contributed by atoms with Crippen LogP contribution in [0.1, 0.15) is 72.4 Å². The molecule has 3 aromatic carbocycles. The maximum absolute atomic E-state index is 12.7. The first-order chi connectivity index (χ1) is 27.2. The summed E-state index contributed by atoms with van der Waals surface area (Å²) in [4.78, 5) is 24.2. The van der Waals surface area contributed by atoms with Gasteiger partial charge in [0, 0.05) is 0 Å². The fourth-order valence-corrected chi connectivity index (χ4v) is 6.47. The number of benzene rings is 3. The molecule has 0 aromatic heterocycles. The van der Waals surface area contributed by atoms with Crippen LogP contribution in [-0.2, 0) is 46.4 Å². The molecule has 0 radical (unpaired) electrons. The molecule has 0 bridgehead atoms. The Morgan fingerprint density at radius 2 is 1.14 bits per heavy atom. The summed E-state index contributed by atoms with van der Waals surface area (Å²) in [5, 5.41) is 19.1. The summed E-state index contributed by atoms with van der Waals surface area (Å²) in [7, 11) is 3.23. The van der Waals surface area contributed by atoms with Gasteiger partial charge in [0.1, 0.15) is 42.5 Å². The molecule has 15 heteroatoms. The SMILES string of the molecule is C=CC[C@@H]1OC(C)(C)OC1[C@@H](CO)OCc1ccc(OC)cc1.C=CC[C@@H]1OC(C)(C)OC1[C@@H](COC(=O)c1ccccc1C(=O)O)OCc1ccc(OC)cc1.[Na+].[OH-]. The summed E-state index contributed by atoms with van der Waals surface area (Å²) < 4.78 is 51.7. The van der Waals surface area contributed by atoms with Crippen LogP contribution in [0.4, 0.5) is 0 Å². The summed E-state index contributed by atoms with van der Waals surface area (Å²) in [5.41, 5.74) is 1.74. The summed E-state index contributed by atoms with van der Waals surface area (Å²) >= 11 is 0. The first kappa shape index (κ1) is 51.5. The summed E-state index contributed by atoms with van der Waals surface area (Å²) in [6.45, 7) is 15.2. The molecule has 2 saturated heterocycles. The van der Waals surface area contributed by atoms with Crippen molar-refractivity contribution in [2.45, 2.75) is 102 Å². The zero-order valence-corrected chi connectivity index (χ0v) is 37.0. The molecule has 3 aromatic rings. The Morgan fingerprint density at radius 3 is 1.54 bits per heavy atom. The summed E-state index contributed by atoms with van der Waals surface area (Å²) in [6.07, 6.45) is 2.19. The maximum Gasteiger partial charge on any atom is 1.00 e. The minimum Gasteiger partial charge on any atom is -0.870 e. The van der Waals surface area contributed by atoms with Gasteiger partial charge in [0.15, 0.2) is 11.6 Å². The van der Waals surface area contributed by atoms with Crippen LogP contribution in [0.25, 0.3) is 0 Å². The van der Waals surface area contributed by atoms with Gasteiger partial charge in [-0.25, -0.2) is 9.59 Å². The molecule has 2 heterocycles. The van der Waals surface area contributed by atoms with E-state index in [1.807, 2.05) is 62.4 Å². The van der Waals surface area contributed by atoms with E-state index in [1.165, 1.54) is 12.1 Å². The first-order valence-corrected chi connectivity index (χ1v) is 18.8. The van der Waals surface area contributed by atoms with Crippen molar-refractivity contribution in [2.75, 3.05) is 27.4 Å². The number of ether oxygens (including phenoxy) is 9. The Bertz CT molecular complexity index is 1750. The number of esters is 1. The number of carbonyl (C=O) groups excluding carboxylic acids is 1. The Labute approximate surface area is 368 Å². The van der Waals surface area contributed by atoms with E-state index < -0.39 is 41.8 Å². The molecule has 318 valence electrons. The molecule has 0 spiro atoms. The summed E-state index contributed by atoms with van der Waals surface area (Å²) in [6, 6.07) is 20.9. The Morgan fingerprint density at radius 1 is 0.712 bits per heavy atom. The number of hydrogen-bond acceptors (Lipinski definition) is 13. The normalized spacial score (nSPS) is 20.9. The quantitative estimate of drug-likeness (QED) is 0.101. The largest absolute Gasteiger partial charge is 1.00 e. The van der Waals surface area contributed by atoms with E-state index in [-0.39, 0.29) is 84.3 Å². The van der Waals surface area contributed by atoms with Crippen molar-refractivity contribution < 1.29 is 97.5 Å². The molecule has 6 atom stereocenters. The topological polar surface area (TPSA) is 188 Å². The second-order valence-corrected chi connectivity index (χ2v) is 14.4. The van der Waals surface area contributed by atoms with Gasteiger partial charge in [-0.15, -0.1) is 13.2 Å². The predicted octanol–water partition coefficient (Wildman–Crippen LogP) is 3.73. The van der Waals surface area contributed by atoms with Gasteiger partial charge in [-0.05, 0) is 88.1 Å². The molecule has 2 fully saturated rings. The van der Waals surface area contributed by atoms with E-state index in [9.17, 15) is 19.8 Å². The maximum atomic E-state index is 12.7. The van der Waals surface area contributed by atoms with Gasteiger partial charge < -0.3 is 58.3 Å². The molecular formula is C44H57NaO14. The van der Waals surface area contributed by atoms with E-state index in [0.29, 0.717) is 19.4 Å². The molecule has 5 rings (SSSR count). The molecule has 0 amide bonds. The van der Waals surface area contributed by atoms with Crippen LogP contribution in [0.5, 0.6) is 11.5 Å². The van der Waals surface area contributed by atoms with Crippen LogP contribution < -0.4 is 39.0 Å². The van der Waals surface area contributed by atoms with E-state index >= 15 is 0 Å². The van der Waals surface area contributed by atoms with Gasteiger partial charge in [0.05, 0.1) is 57.4 Å². The van der Waals surface area contributed by atoms with Crippen LogP contribution in [0, 0.1) is 0 Å².